The molecule has 1 aliphatic rings. The average molecular weight is 250 g/mol. The van der Waals surface area contributed by atoms with Gasteiger partial charge < -0.3 is 14.2 Å². The van der Waals surface area contributed by atoms with Gasteiger partial charge in [0.2, 0.25) is 0 Å². The van der Waals surface area contributed by atoms with E-state index in [1.54, 1.807) is 19.9 Å². The summed E-state index contributed by atoms with van der Waals surface area (Å²) >= 11 is 0. The molecule has 0 unspecified atom stereocenters. The maximum atomic E-state index is 11.7. The van der Waals surface area contributed by atoms with Crippen molar-refractivity contribution in [1.29, 1.82) is 0 Å². The first-order chi connectivity index (χ1) is 8.41. The van der Waals surface area contributed by atoms with E-state index in [1.165, 1.54) is 20.3 Å². The molecular weight excluding hydrogens is 236 g/mol. The quantitative estimate of drug-likeness (QED) is 0.590. The number of cyclic esters (lactones) is 2. The maximum absolute atomic E-state index is 11.7. The Hall–Kier alpha value is -2.04. The number of fused-ring (bicyclic) bond motifs is 1. The highest BCUT2D eigenvalue weighted by Gasteiger charge is 2.42. The summed E-state index contributed by atoms with van der Waals surface area (Å²) in [4.78, 5) is 23.4. The second-order valence-corrected chi connectivity index (χ2v) is 4.55. The van der Waals surface area contributed by atoms with Crippen molar-refractivity contribution in [3.8, 4) is 11.5 Å². The van der Waals surface area contributed by atoms with Gasteiger partial charge in [-0.25, -0.2) is 4.79 Å². The lowest BCUT2D eigenvalue weighted by molar-refractivity contribution is -0.144. The van der Waals surface area contributed by atoms with Crippen LogP contribution in [0.25, 0.3) is 0 Å². The molecule has 0 bridgehead atoms. The highest BCUT2D eigenvalue weighted by molar-refractivity contribution is 6.06. The van der Waals surface area contributed by atoms with E-state index in [4.69, 9.17) is 14.2 Å². The molecule has 0 saturated carbocycles. The molecule has 5 heteroatoms. The lowest BCUT2D eigenvalue weighted by atomic mass is 9.80. The molecule has 0 atom stereocenters. The number of hydrogen-bond acceptors (Lipinski definition) is 5. The van der Waals surface area contributed by atoms with Gasteiger partial charge in [0.05, 0.1) is 25.2 Å². The second-order valence-electron chi connectivity index (χ2n) is 4.55. The Morgan fingerprint density at radius 3 is 2.17 bits per heavy atom. The van der Waals surface area contributed by atoms with E-state index in [-0.39, 0.29) is 0 Å². The number of carbonyl (C=O) groups is 2. The summed E-state index contributed by atoms with van der Waals surface area (Å²) in [5, 5.41) is 0. The third kappa shape index (κ3) is 1.63. The van der Waals surface area contributed by atoms with Crippen molar-refractivity contribution in [2.24, 2.45) is 0 Å². The third-order valence-electron chi connectivity index (χ3n) is 3.11. The fraction of sp³-hybridized carbons (Fsp3) is 0.385. The monoisotopic (exact) mass is 250 g/mol. The Bertz CT molecular complexity index is 530. The van der Waals surface area contributed by atoms with Gasteiger partial charge in [0.15, 0.2) is 11.5 Å². The van der Waals surface area contributed by atoms with Crippen molar-refractivity contribution in [1.82, 2.24) is 0 Å². The van der Waals surface area contributed by atoms with E-state index in [2.05, 4.69) is 0 Å². The second kappa shape index (κ2) is 4.01. The van der Waals surface area contributed by atoms with E-state index in [0.717, 1.165) is 0 Å². The summed E-state index contributed by atoms with van der Waals surface area (Å²) in [7, 11) is 2.98. The van der Waals surface area contributed by atoms with Crippen LogP contribution in [0.1, 0.15) is 29.8 Å². The lowest BCUT2D eigenvalue weighted by Gasteiger charge is -2.29. The molecule has 96 valence electrons. The molecule has 1 heterocycles. The first kappa shape index (κ1) is 12.4. The molecule has 1 aromatic carbocycles. The van der Waals surface area contributed by atoms with E-state index < -0.39 is 17.4 Å². The van der Waals surface area contributed by atoms with Crippen molar-refractivity contribution < 1.29 is 23.8 Å². The standard InChI is InChI=1S/C13H14O5/c1-13(2)8-6-10(17-4)9(16-3)5-7(8)11(14)18-12(13)15/h5-6H,1-4H3. The van der Waals surface area contributed by atoms with Crippen LogP contribution in [0.15, 0.2) is 12.1 Å². The highest BCUT2D eigenvalue weighted by atomic mass is 16.6. The molecule has 5 nitrogen and oxygen atoms in total. The van der Waals surface area contributed by atoms with Crippen LogP contribution in [0.4, 0.5) is 0 Å². The zero-order valence-electron chi connectivity index (χ0n) is 10.7. The molecule has 0 fully saturated rings. The summed E-state index contributed by atoms with van der Waals surface area (Å²) in [6.07, 6.45) is 0. The fourth-order valence-electron chi connectivity index (χ4n) is 1.94. The summed E-state index contributed by atoms with van der Waals surface area (Å²) in [5.41, 5.74) is 0.0293. The van der Waals surface area contributed by atoms with Crippen molar-refractivity contribution in [2.45, 2.75) is 19.3 Å². The van der Waals surface area contributed by atoms with E-state index in [9.17, 15) is 9.59 Å². The van der Waals surface area contributed by atoms with Gasteiger partial charge in [-0.1, -0.05) is 0 Å². The SMILES string of the molecule is COc1cc2c(cc1OC)C(C)(C)C(=O)OC2=O. The van der Waals surface area contributed by atoms with Crippen molar-refractivity contribution in [2.75, 3.05) is 14.2 Å². The number of hydrogen-bond donors (Lipinski definition) is 0. The van der Waals surface area contributed by atoms with Crippen LogP contribution >= 0.6 is 0 Å². The van der Waals surface area contributed by atoms with Gasteiger partial charge in [-0.15, -0.1) is 0 Å². The Morgan fingerprint density at radius 1 is 1.06 bits per heavy atom. The van der Waals surface area contributed by atoms with Crippen LogP contribution in [0.5, 0.6) is 11.5 Å². The molecule has 0 N–H and O–H groups in total. The van der Waals surface area contributed by atoms with Crippen molar-refractivity contribution in [3.05, 3.63) is 23.3 Å². The van der Waals surface area contributed by atoms with Crippen molar-refractivity contribution in [3.63, 3.8) is 0 Å². The number of benzene rings is 1. The summed E-state index contributed by atoms with van der Waals surface area (Å²) in [6, 6.07) is 3.18. The Balaban J connectivity index is 2.71. The minimum absolute atomic E-state index is 0.331. The van der Waals surface area contributed by atoms with Gasteiger partial charge in [0.25, 0.3) is 0 Å². The number of esters is 2. The molecule has 1 aliphatic heterocycles. The minimum atomic E-state index is -0.886. The molecule has 1 aromatic rings. The summed E-state index contributed by atoms with van der Waals surface area (Å²) in [5.74, 6) is -0.312. The maximum Gasteiger partial charge on any atom is 0.346 e. The van der Waals surface area contributed by atoms with Crippen LogP contribution in [0.3, 0.4) is 0 Å². The normalized spacial score (nSPS) is 16.9. The first-order valence-electron chi connectivity index (χ1n) is 5.45. The van der Waals surface area contributed by atoms with E-state index in [0.29, 0.717) is 22.6 Å². The summed E-state index contributed by atoms with van der Waals surface area (Å²) in [6.45, 7) is 3.40. The van der Waals surface area contributed by atoms with Crippen LogP contribution < -0.4 is 9.47 Å². The van der Waals surface area contributed by atoms with Gasteiger partial charge in [0, 0.05) is 0 Å². The predicted octanol–water partition coefficient (Wildman–Crippen LogP) is 1.68. The van der Waals surface area contributed by atoms with E-state index >= 15 is 0 Å². The molecule has 0 saturated heterocycles. The predicted molar refractivity (Wildman–Crippen MR) is 63.0 cm³/mol. The van der Waals surface area contributed by atoms with Crippen LogP contribution in [-0.4, -0.2) is 26.2 Å². The topological polar surface area (TPSA) is 61.8 Å². The third-order valence-corrected chi connectivity index (χ3v) is 3.11. The molecule has 0 amide bonds. The van der Waals surface area contributed by atoms with Gasteiger partial charge in [-0.2, -0.15) is 0 Å². The number of rotatable bonds is 2. The Labute approximate surface area is 105 Å². The number of carbonyl (C=O) groups excluding carboxylic acids is 2. The molecule has 0 aliphatic carbocycles. The minimum Gasteiger partial charge on any atom is -0.493 e. The van der Waals surface area contributed by atoms with Crippen LogP contribution in [-0.2, 0) is 14.9 Å². The Kier molecular flexibility index (Phi) is 2.77. The summed E-state index contributed by atoms with van der Waals surface area (Å²) < 4.78 is 15.0. The fourth-order valence-corrected chi connectivity index (χ4v) is 1.94. The first-order valence-corrected chi connectivity index (χ1v) is 5.45. The zero-order valence-corrected chi connectivity index (χ0v) is 10.7. The molecule has 2 rings (SSSR count). The smallest absolute Gasteiger partial charge is 0.346 e. The molecule has 0 spiro atoms. The Morgan fingerprint density at radius 2 is 1.61 bits per heavy atom. The van der Waals surface area contributed by atoms with Gasteiger partial charge in [0.1, 0.15) is 0 Å². The number of methoxy groups -OCH3 is 2. The largest absolute Gasteiger partial charge is 0.493 e. The van der Waals surface area contributed by atoms with E-state index in [1.807, 2.05) is 0 Å². The average Bonchev–Trinajstić information content (AvgIpc) is 2.35. The van der Waals surface area contributed by atoms with Crippen molar-refractivity contribution >= 4 is 11.9 Å². The zero-order chi connectivity index (χ0) is 13.5. The number of ether oxygens (including phenoxy) is 3. The van der Waals surface area contributed by atoms with Crippen LogP contribution in [0, 0.1) is 0 Å². The molecular formula is C13H14O5. The van der Waals surface area contributed by atoms with Crippen LogP contribution in [0.2, 0.25) is 0 Å². The lowest BCUT2D eigenvalue weighted by Crippen LogP contribution is -2.39. The molecule has 18 heavy (non-hydrogen) atoms. The van der Waals surface area contributed by atoms with Gasteiger partial charge >= 0.3 is 11.9 Å². The molecule has 0 radical (unpaired) electrons. The molecule has 0 aromatic heterocycles. The van der Waals surface area contributed by atoms with Gasteiger partial charge in [-0.05, 0) is 31.5 Å². The highest BCUT2D eigenvalue weighted by Crippen LogP contribution is 2.39. The van der Waals surface area contributed by atoms with Gasteiger partial charge in [-0.3, -0.25) is 4.79 Å².